The number of benzene rings is 3. The van der Waals surface area contributed by atoms with Gasteiger partial charge in [0.2, 0.25) is 21.8 Å². The van der Waals surface area contributed by atoms with Crippen LogP contribution in [-0.4, -0.2) is 50.0 Å². The van der Waals surface area contributed by atoms with Crippen molar-refractivity contribution in [3.8, 4) is 0 Å². The number of nitrogens with one attached hydrogen (secondary N) is 1. The lowest BCUT2D eigenvalue weighted by molar-refractivity contribution is -0.141. The van der Waals surface area contributed by atoms with Gasteiger partial charge in [0.05, 0.1) is 11.9 Å². The predicted octanol–water partition coefficient (Wildman–Crippen LogP) is 5.98. The Labute approximate surface area is 255 Å². The van der Waals surface area contributed by atoms with Crippen LogP contribution in [0.15, 0.2) is 66.7 Å². The molecular weight excluding hydrogens is 607 g/mol. The summed E-state index contributed by atoms with van der Waals surface area (Å²) in [6.45, 7) is 3.37. The Balaban J connectivity index is 1.93. The van der Waals surface area contributed by atoms with Crippen molar-refractivity contribution in [3.63, 3.8) is 0 Å². The molecule has 1 atom stereocenters. The molecule has 0 saturated heterocycles. The number of hydrogen-bond donors (Lipinski definition) is 1. The van der Waals surface area contributed by atoms with Crippen molar-refractivity contribution in [1.82, 2.24) is 10.2 Å². The minimum atomic E-state index is -3.89. The van der Waals surface area contributed by atoms with Gasteiger partial charge in [-0.3, -0.25) is 13.9 Å². The molecule has 0 aliphatic rings. The molecule has 0 radical (unpaired) electrons. The number of carbonyl (C=O) groups is 2. The molecule has 1 N–H and O–H groups in total. The van der Waals surface area contributed by atoms with Gasteiger partial charge in [0.15, 0.2) is 11.6 Å². The van der Waals surface area contributed by atoms with Gasteiger partial charge in [0.1, 0.15) is 6.04 Å². The summed E-state index contributed by atoms with van der Waals surface area (Å²) in [5, 5.41) is 3.53. The number of halogens is 4. The van der Waals surface area contributed by atoms with Crippen molar-refractivity contribution in [1.29, 1.82) is 0 Å². The van der Waals surface area contributed by atoms with Crippen LogP contribution >= 0.6 is 23.2 Å². The highest BCUT2D eigenvalue weighted by atomic mass is 35.5. The Morgan fingerprint density at radius 1 is 0.929 bits per heavy atom. The molecule has 12 heteroatoms. The number of amides is 2. The molecule has 226 valence electrons. The zero-order valence-electron chi connectivity index (χ0n) is 23.5. The molecule has 0 aliphatic heterocycles. The first-order chi connectivity index (χ1) is 19.8. The first-order valence-corrected chi connectivity index (χ1v) is 15.9. The van der Waals surface area contributed by atoms with Crippen molar-refractivity contribution in [2.45, 2.75) is 51.7 Å². The molecule has 0 spiro atoms. The van der Waals surface area contributed by atoms with Gasteiger partial charge in [0, 0.05) is 53.6 Å². The highest BCUT2D eigenvalue weighted by Gasteiger charge is 2.32. The zero-order chi connectivity index (χ0) is 31.0. The Bertz CT molecular complexity index is 1490. The smallest absolute Gasteiger partial charge is 0.243 e. The topological polar surface area (TPSA) is 86.8 Å². The molecule has 3 aromatic carbocycles. The second-order valence-electron chi connectivity index (χ2n) is 10.1. The number of rotatable bonds is 13. The van der Waals surface area contributed by atoms with Crippen molar-refractivity contribution in [2.75, 3.05) is 17.1 Å². The molecule has 1 unspecified atom stereocenters. The third-order valence-electron chi connectivity index (χ3n) is 6.44. The zero-order valence-corrected chi connectivity index (χ0v) is 25.8. The van der Waals surface area contributed by atoms with Crippen molar-refractivity contribution >= 4 is 50.7 Å². The fraction of sp³-hybridized carbons (Fsp3) is 0.333. The Hall–Kier alpha value is -3.21. The molecule has 0 heterocycles. The molecule has 3 aromatic rings. The standard InChI is InChI=1S/C30H33Cl2F2N3O4S/c1-20(2)35-30(39)28(17-21-9-5-4-6-10-21)36(19-23-24(31)11-7-12-25(23)32)29(38)13-8-16-37(42(3,40)41)22-14-15-26(33)27(34)18-22/h4-7,9-12,14-15,18,20,28H,8,13,16-17,19H2,1-3H3,(H,35,39). The second kappa shape index (κ2) is 14.8. The molecule has 0 aliphatic carbocycles. The van der Waals surface area contributed by atoms with Gasteiger partial charge in [-0.25, -0.2) is 17.2 Å². The van der Waals surface area contributed by atoms with Gasteiger partial charge >= 0.3 is 0 Å². The average Bonchev–Trinajstić information content (AvgIpc) is 2.91. The molecule has 0 bridgehead atoms. The van der Waals surface area contributed by atoms with Crippen LogP contribution in [0.4, 0.5) is 14.5 Å². The lowest BCUT2D eigenvalue weighted by Gasteiger charge is -2.33. The Morgan fingerprint density at radius 3 is 2.14 bits per heavy atom. The first-order valence-electron chi connectivity index (χ1n) is 13.3. The monoisotopic (exact) mass is 639 g/mol. The number of nitrogens with zero attached hydrogens (tertiary/aromatic N) is 2. The summed E-state index contributed by atoms with van der Waals surface area (Å²) in [5.41, 5.74) is 1.22. The van der Waals surface area contributed by atoms with E-state index in [-0.39, 0.29) is 50.0 Å². The minimum Gasteiger partial charge on any atom is -0.352 e. The van der Waals surface area contributed by atoms with Crippen LogP contribution in [0, 0.1) is 11.6 Å². The van der Waals surface area contributed by atoms with Crippen LogP contribution < -0.4 is 9.62 Å². The van der Waals surface area contributed by atoms with Crippen LogP contribution in [0.5, 0.6) is 0 Å². The summed E-state index contributed by atoms with van der Waals surface area (Å²) in [5.74, 6) is -3.12. The van der Waals surface area contributed by atoms with Gasteiger partial charge in [-0.2, -0.15) is 0 Å². The van der Waals surface area contributed by atoms with Gasteiger partial charge in [-0.1, -0.05) is 59.6 Å². The highest BCUT2D eigenvalue weighted by Crippen LogP contribution is 2.28. The van der Waals surface area contributed by atoms with Gasteiger partial charge < -0.3 is 10.2 Å². The molecule has 0 aromatic heterocycles. The number of sulfonamides is 1. The maximum Gasteiger partial charge on any atom is 0.243 e. The highest BCUT2D eigenvalue weighted by molar-refractivity contribution is 7.92. The van der Waals surface area contributed by atoms with Crippen molar-refractivity contribution < 1.29 is 26.8 Å². The normalized spacial score (nSPS) is 12.2. The predicted molar refractivity (Wildman–Crippen MR) is 162 cm³/mol. The van der Waals surface area contributed by atoms with E-state index in [0.29, 0.717) is 15.6 Å². The lowest BCUT2D eigenvalue weighted by Crippen LogP contribution is -2.52. The lowest BCUT2D eigenvalue weighted by atomic mass is 10.0. The number of carbonyl (C=O) groups excluding carboxylic acids is 2. The van der Waals surface area contributed by atoms with Crippen LogP contribution in [0.3, 0.4) is 0 Å². The third kappa shape index (κ3) is 9.14. The van der Waals surface area contributed by atoms with Crippen molar-refractivity contribution in [2.24, 2.45) is 0 Å². The Kier molecular flexibility index (Phi) is 11.7. The fourth-order valence-electron chi connectivity index (χ4n) is 4.43. The Morgan fingerprint density at radius 2 is 1.57 bits per heavy atom. The van der Waals surface area contributed by atoms with Gasteiger partial charge in [-0.05, 0) is 50.1 Å². The van der Waals surface area contributed by atoms with E-state index in [2.05, 4.69) is 5.32 Å². The van der Waals surface area contributed by atoms with Crippen LogP contribution in [-0.2, 0) is 32.6 Å². The van der Waals surface area contributed by atoms with Crippen LogP contribution in [0.1, 0.15) is 37.8 Å². The second-order valence-corrected chi connectivity index (χ2v) is 12.8. The van der Waals surface area contributed by atoms with E-state index in [9.17, 15) is 26.8 Å². The largest absolute Gasteiger partial charge is 0.352 e. The summed E-state index contributed by atoms with van der Waals surface area (Å²) in [7, 11) is -3.89. The SMILES string of the molecule is CC(C)NC(=O)C(Cc1ccccc1)N(Cc1c(Cl)cccc1Cl)C(=O)CCCN(c1ccc(F)c(F)c1)S(C)(=O)=O. The molecule has 2 amide bonds. The van der Waals surface area contributed by atoms with Gasteiger partial charge in [-0.15, -0.1) is 0 Å². The number of anilines is 1. The van der Waals surface area contributed by atoms with E-state index in [1.807, 2.05) is 44.2 Å². The maximum absolute atomic E-state index is 13.9. The summed E-state index contributed by atoms with van der Waals surface area (Å²) < 4.78 is 53.2. The first kappa shape index (κ1) is 33.3. The third-order valence-corrected chi connectivity index (χ3v) is 8.34. The number of hydrogen-bond acceptors (Lipinski definition) is 4. The molecular formula is C30H33Cl2F2N3O4S. The van der Waals surface area contributed by atoms with Crippen LogP contribution in [0.2, 0.25) is 10.0 Å². The average molecular weight is 641 g/mol. The van der Waals surface area contributed by atoms with Crippen LogP contribution in [0.25, 0.3) is 0 Å². The molecule has 0 saturated carbocycles. The minimum absolute atomic E-state index is 0.0293. The quantitative estimate of drug-likeness (QED) is 0.249. The molecule has 7 nitrogen and oxygen atoms in total. The summed E-state index contributed by atoms with van der Waals surface area (Å²) in [6, 6.07) is 15.8. The maximum atomic E-state index is 13.9. The van der Waals surface area contributed by atoms with E-state index in [1.165, 1.54) is 4.90 Å². The summed E-state index contributed by atoms with van der Waals surface area (Å²) in [4.78, 5) is 28.7. The summed E-state index contributed by atoms with van der Waals surface area (Å²) in [6.07, 6.45) is 1.02. The fourth-order valence-corrected chi connectivity index (χ4v) is 5.91. The molecule has 0 fully saturated rings. The van der Waals surface area contributed by atoms with E-state index in [0.717, 1.165) is 34.3 Å². The van der Waals surface area contributed by atoms with E-state index in [4.69, 9.17) is 23.2 Å². The van der Waals surface area contributed by atoms with E-state index >= 15 is 0 Å². The summed E-state index contributed by atoms with van der Waals surface area (Å²) >= 11 is 12.9. The molecule has 3 rings (SSSR count). The molecule has 42 heavy (non-hydrogen) atoms. The van der Waals surface area contributed by atoms with Crippen molar-refractivity contribution in [3.05, 3.63) is 99.5 Å². The van der Waals surface area contributed by atoms with E-state index < -0.39 is 33.6 Å². The van der Waals surface area contributed by atoms with E-state index in [1.54, 1.807) is 18.2 Å². The van der Waals surface area contributed by atoms with Gasteiger partial charge in [0.25, 0.3) is 0 Å².